The molecule has 0 radical (unpaired) electrons. The van der Waals surface area contributed by atoms with Gasteiger partial charge in [0.15, 0.2) is 0 Å². The lowest BCUT2D eigenvalue weighted by atomic mass is 10.0. The highest BCUT2D eigenvalue weighted by atomic mass is 16.3. The third kappa shape index (κ3) is 1.92. The molecule has 0 fully saturated rings. The fraction of sp³-hybridized carbons (Fsp3) is 0.188. The molecule has 1 amide bonds. The van der Waals surface area contributed by atoms with Crippen molar-refractivity contribution in [3.63, 3.8) is 0 Å². The molecule has 2 aromatic carbocycles. The average molecular weight is 253 g/mol. The first-order chi connectivity index (χ1) is 9.33. The number of aliphatic hydroxyl groups is 1. The molecule has 0 aromatic heterocycles. The lowest BCUT2D eigenvalue weighted by molar-refractivity contribution is 0.0988. The van der Waals surface area contributed by atoms with Crippen LogP contribution in [0.25, 0.3) is 0 Å². The molecule has 1 atom stereocenters. The summed E-state index contributed by atoms with van der Waals surface area (Å²) in [7, 11) is 0. The van der Waals surface area contributed by atoms with Gasteiger partial charge < -0.3 is 10.0 Å². The van der Waals surface area contributed by atoms with E-state index in [0.717, 1.165) is 16.8 Å². The summed E-state index contributed by atoms with van der Waals surface area (Å²) in [6, 6.07) is 17.2. The van der Waals surface area contributed by atoms with Crippen molar-refractivity contribution in [1.82, 2.24) is 0 Å². The summed E-state index contributed by atoms with van der Waals surface area (Å²) in [4.78, 5) is 14.3. The van der Waals surface area contributed by atoms with Gasteiger partial charge in [0, 0.05) is 17.9 Å². The number of amides is 1. The molecular formula is C16H15NO2. The maximum atomic E-state index is 12.5. The van der Waals surface area contributed by atoms with Gasteiger partial charge in [-0.25, -0.2) is 0 Å². The maximum absolute atomic E-state index is 12.5. The molecule has 1 aliphatic heterocycles. The number of aliphatic hydroxyl groups excluding tert-OH is 1. The molecule has 0 spiro atoms. The Balaban J connectivity index is 2.08. The number of para-hydroxylation sites is 1. The number of anilines is 1. The van der Waals surface area contributed by atoms with Crippen molar-refractivity contribution in [3.05, 3.63) is 65.7 Å². The van der Waals surface area contributed by atoms with Crippen molar-refractivity contribution in [1.29, 1.82) is 0 Å². The minimum atomic E-state index is -0.0731. The van der Waals surface area contributed by atoms with Crippen molar-refractivity contribution in [2.75, 3.05) is 11.5 Å². The zero-order chi connectivity index (χ0) is 13.2. The summed E-state index contributed by atoms with van der Waals surface area (Å²) < 4.78 is 0. The van der Waals surface area contributed by atoms with Crippen LogP contribution in [0.2, 0.25) is 0 Å². The standard InChI is InChI=1S/C16H15NO2/c18-11-10-15-13-8-4-5-9-14(13)16(19)17(15)12-6-2-1-3-7-12/h1-9,15,18H,10-11H2. The SMILES string of the molecule is O=C1c2ccccc2C(CCO)N1c1ccccc1. The summed E-state index contributed by atoms with van der Waals surface area (Å²) in [5.74, 6) is 0.0141. The van der Waals surface area contributed by atoms with Crippen molar-refractivity contribution in [3.8, 4) is 0 Å². The second-order valence-electron chi connectivity index (χ2n) is 4.63. The lowest BCUT2D eigenvalue weighted by Crippen LogP contribution is -2.28. The van der Waals surface area contributed by atoms with Gasteiger partial charge in [0.2, 0.25) is 0 Å². The fourth-order valence-electron chi connectivity index (χ4n) is 2.69. The first-order valence-corrected chi connectivity index (χ1v) is 6.41. The van der Waals surface area contributed by atoms with E-state index in [4.69, 9.17) is 0 Å². The Morgan fingerprint density at radius 1 is 1.00 bits per heavy atom. The summed E-state index contributed by atoms with van der Waals surface area (Å²) in [5.41, 5.74) is 2.62. The third-order valence-corrected chi connectivity index (χ3v) is 3.52. The van der Waals surface area contributed by atoms with Crippen LogP contribution in [0.5, 0.6) is 0 Å². The molecule has 0 bridgehead atoms. The first-order valence-electron chi connectivity index (χ1n) is 6.41. The molecule has 96 valence electrons. The van der Waals surface area contributed by atoms with Gasteiger partial charge in [0.05, 0.1) is 6.04 Å². The predicted molar refractivity (Wildman–Crippen MR) is 74.1 cm³/mol. The molecule has 1 unspecified atom stereocenters. The van der Waals surface area contributed by atoms with E-state index in [1.165, 1.54) is 0 Å². The Bertz CT molecular complexity index is 595. The largest absolute Gasteiger partial charge is 0.396 e. The molecular weight excluding hydrogens is 238 g/mol. The molecule has 0 saturated heterocycles. The molecule has 0 aliphatic carbocycles. The molecule has 1 N–H and O–H groups in total. The number of hydrogen-bond acceptors (Lipinski definition) is 2. The maximum Gasteiger partial charge on any atom is 0.259 e. The quantitative estimate of drug-likeness (QED) is 0.913. The van der Waals surface area contributed by atoms with Crippen molar-refractivity contribution in [2.24, 2.45) is 0 Å². The second-order valence-corrected chi connectivity index (χ2v) is 4.63. The molecule has 3 nitrogen and oxygen atoms in total. The third-order valence-electron chi connectivity index (χ3n) is 3.52. The Morgan fingerprint density at radius 2 is 1.68 bits per heavy atom. The van der Waals surface area contributed by atoms with Gasteiger partial charge in [0.25, 0.3) is 5.91 Å². The van der Waals surface area contributed by atoms with Gasteiger partial charge in [-0.15, -0.1) is 0 Å². The van der Waals surface area contributed by atoms with Crippen LogP contribution in [-0.2, 0) is 0 Å². The van der Waals surface area contributed by atoms with Crippen LogP contribution in [-0.4, -0.2) is 17.6 Å². The fourth-order valence-corrected chi connectivity index (χ4v) is 2.69. The van der Waals surface area contributed by atoms with E-state index in [1.54, 1.807) is 4.90 Å². The Kier molecular flexibility index (Phi) is 3.05. The van der Waals surface area contributed by atoms with E-state index in [0.29, 0.717) is 6.42 Å². The monoisotopic (exact) mass is 253 g/mol. The van der Waals surface area contributed by atoms with E-state index < -0.39 is 0 Å². The number of benzene rings is 2. The lowest BCUT2D eigenvalue weighted by Gasteiger charge is -2.24. The van der Waals surface area contributed by atoms with Gasteiger partial charge in [-0.3, -0.25) is 4.79 Å². The van der Waals surface area contributed by atoms with Crippen LogP contribution < -0.4 is 4.90 Å². The first kappa shape index (κ1) is 11.9. The molecule has 1 aliphatic rings. The van der Waals surface area contributed by atoms with E-state index >= 15 is 0 Å². The Labute approximate surface area is 112 Å². The summed E-state index contributed by atoms with van der Waals surface area (Å²) in [6.45, 7) is 0.0651. The van der Waals surface area contributed by atoms with Gasteiger partial charge in [-0.1, -0.05) is 36.4 Å². The van der Waals surface area contributed by atoms with Crippen molar-refractivity contribution in [2.45, 2.75) is 12.5 Å². The number of nitrogens with zero attached hydrogens (tertiary/aromatic N) is 1. The van der Waals surface area contributed by atoms with E-state index in [2.05, 4.69) is 0 Å². The van der Waals surface area contributed by atoms with Crippen LogP contribution in [0.3, 0.4) is 0 Å². The Morgan fingerprint density at radius 3 is 2.42 bits per heavy atom. The predicted octanol–water partition coefficient (Wildman–Crippen LogP) is 2.77. The number of hydrogen-bond donors (Lipinski definition) is 1. The van der Waals surface area contributed by atoms with Crippen LogP contribution in [0, 0.1) is 0 Å². The van der Waals surface area contributed by atoms with Crippen LogP contribution in [0.4, 0.5) is 5.69 Å². The van der Waals surface area contributed by atoms with E-state index in [-0.39, 0.29) is 18.6 Å². The van der Waals surface area contributed by atoms with Gasteiger partial charge in [0.1, 0.15) is 0 Å². The summed E-state index contributed by atoms with van der Waals surface area (Å²) in [5, 5.41) is 9.27. The highest BCUT2D eigenvalue weighted by molar-refractivity contribution is 6.11. The average Bonchev–Trinajstić information content (AvgIpc) is 2.74. The summed E-state index contributed by atoms with van der Waals surface area (Å²) in [6.07, 6.45) is 0.553. The topological polar surface area (TPSA) is 40.5 Å². The molecule has 3 rings (SSSR count). The molecule has 1 heterocycles. The van der Waals surface area contributed by atoms with Gasteiger partial charge >= 0.3 is 0 Å². The number of rotatable bonds is 3. The minimum Gasteiger partial charge on any atom is -0.396 e. The van der Waals surface area contributed by atoms with Crippen molar-refractivity contribution >= 4 is 11.6 Å². The van der Waals surface area contributed by atoms with E-state index in [1.807, 2.05) is 54.6 Å². The summed E-state index contributed by atoms with van der Waals surface area (Å²) >= 11 is 0. The second kappa shape index (κ2) is 4.86. The highest BCUT2D eigenvalue weighted by Crippen LogP contribution is 2.38. The number of fused-ring (bicyclic) bond motifs is 1. The normalized spacial score (nSPS) is 17.6. The zero-order valence-electron chi connectivity index (χ0n) is 10.5. The highest BCUT2D eigenvalue weighted by Gasteiger charge is 2.36. The molecule has 19 heavy (non-hydrogen) atoms. The van der Waals surface area contributed by atoms with E-state index in [9.17, 15) is 9.90 Å². The molecule has 3 heteroatoms. The van der Waals surface area contributed by atoms with Gasteiger partial charge in [-0.2, -0.15) is 0 Å². The minimum absolute atomic E-state index is 0.0141. The zero-order valence-corrected chi connectivity index (χ0v) is 10.5. The van der Waals surface area contributed by atoms with Crippen LogP contribution in [0.15, 0.2) is 54.6 Å². The molecule has 0 saturated carbocycles. The van der Waals surface area contributed by atoms with Gasteiger partial charge in [-0.05, 0) is 30.2 Å². The van der Waals surface area contributed by atoms with Crippen molar-refractivity contribution < 1.29 is 9.90 Å². The smallest absolute Gasteiger partial charge is 0.259 e. The van der Waals surface area contributed by atoms with Crippen LogP contribution >= 0.6 is 0 Å². The molecule has 2 aromatic rings. The number of carbonyl (C=O) groups is 1. The number of carbonyl (C=O) groups excluding carboxylic acids is 1. The van der Waals surface area contributed by atoms with Crippen LogP contribution in [0.1, 0.15) is 28.4 Å². The Hall–Kier alpha value is -2.13.